The molecule has 0 saturated heterocycles. The Kier molecular flexibility index (Phi) is 2.98. The van der Waals surface area contributed by atoms with Crippen molar-refractivity contribution in [1.82, 2.24) is 19.8 Å². The van der Waals surface area contributed by atoms with E-state index in [0.29, 0.717) is 0 Å². The van der Waals surface area contributed by atoms with Crippen molar-refractivity contribution in [2.45, 2.75) is 27.3 Å². The zero-order valence-electron chi connectivity index (χ0n) is 6.27. The van der Waals surface area contributed by atoms with Crippen LogP contribution in [0.15, 0.2) is 4.79 Å². The number of aryl methyl sites for hydroxylation is 1. The number of hydrogen-bond donors (Lipinski definition) is 0. The Morgan fingerprint density at radius 1 is 1.36 bits per heavy atom. The lowest BCUT2D eigenvalue weighted by Crippen LogP contribution is -2.24. The number of nitrogens with zero attached hydrogens (tertiary/aromatic N) is 4. The van der Waals surface area contributed by atoms with Crippen molar-refractivity contribution < 1.29 is 0 Å². The Hall–Kier alpha value is -1.13. The first-order valence-corrected chi connectivity index (χ1v) is 3.11. The SMILES string of the molecule is C.CC(C)n1nnn(C)c1=O. The molecule has 0 saturated carbocycles. The first-order valence-electron chi connectivity index (χ1n) is 3.11. The summed E-state index contributed by atoms with van der Waals surface area (Å²) in [5, 5.41) is 7.19. The molecule has 1 rings (SSSR count). The zero-order valence-corrected chi connectivity index (χ0v) is 6.27. The quantitative estimate of drug-likeness (QED) is 0.586. The van der Waals surface area contributed by atoms with E-state index >= 15 is 0 Å². The molecule has 0 unspecified atom stereocenters. The highest BCUT2D eigenvalue weighted by Gasteiger charge is 2.04. The van der Waals surface area contributed by atoms with Crippen LogP contribution in [0, 0.1) is 0 Å². The fourth-order valence-electron chi connectivity index (χ4n) is 0.652. The molecular formula is C6H14N4O. The van der Waals surface area contributed by atoms with Gasteiger partial charge in [-0.3, -0.25) is 0 Å². The van der Waals surface area contributed by atoms with E-state index < -0.39 is 0 Å². The van der Waals surface area contributed by atoms with Gasteiger partial charge in [0.2, 0.25) is 0 Å². The van der Waals surface area contributed by atoms with Gasteiger partial charge in [0.05, 0.1) is 6.04 Å². The average molecular weight is 158 g/mol. The molecule has 11 heavy (non-hydrogen) atoms. The van der Waals surface area contributed by atoms with Crippen LogP contribution in [0.1, 0.15) is 27.3 Å². The topological polar surface area (TPSA) is 52.7 Å². The molecule has 0 aliphatic rings. The molecule has 0 aliphatic heterocycles. The molecule has 0 spiro atoms. The van der Waals surface area contributed by atoms with E-state index in [1.165, 1.54) is 9.36 Å². The second kappa shape index (κ2) is 3.32. The van der Waals surface area contributed by atoms with Crippen molar-refractivity contribution in [2.75, 3.05) is 0 Å². The standard InChI is InChI=1S/C5H10N4O.CH4/c1-4(2)9-5(10)8(3)6-7-9;/h4H,1-3H3;1H4. The second-order valence-electron chi connectivity index (χ2n) is 2.42. The molecule has 0 fully saturated rings. The molecule has 64 valence electrons. The molecule has 0 amide bonds. The Balaban J connectivity index is 0.000001000. The zero-order chi connectivity index (χ0) is 7.72. The number of hydrogen-bond acceptors (Lipinski definition) is 3. The minimum atomic E-state index is -0.171. The molecule has 1 heterocycles. The van der Waals surface area contributed by atoms with E-state index in [4.69, 9.17) is 0 Å². The molecule has 0 atom stereocenters. The molecule has 5 nitrogen and oxygen atoms in total. The maximum atomic E-state index is 11.0. The highest BCUT2D eigenvalue weighted by atomic mass is 16.2. The molecule has 0 aliphatic carbocycles. The third kappa shape index (κ3) is 1.66. The normalized spacial score (nSPS) is 9.82. The molecular weight excluding hydrogens is 144 g/mol. The van der Waals surface area contributed by atoms with Crippen LogP contribution in [-0.2, 0) is 7.05 Å². The largest absolute Gasteiger partial charge is 0.363 e. The monoisotopic (exact) mass is 158 g/mol. The lowest BCUT2D eigenvalue weighted by atomic mass is 10.4. The minimum absolute atomic E-state index is 0. The van der Waals surface area contributed by atoms with Crippen molar-refractivity contribution in [2.24, 2.45) is 7.05 Å². The molecule has 1 aromatic heterocycles. The van der Waals surface area contributed by atoms with Gasteiger partial charge in [-0.2, -0.15) is 9.36 Å². The minimum Gasteiger partial charge on any atom is -0.244 e. The predicted molar refractivity (Wildman–Crippen MR) is 42.4 cm³/mol. The van der Waals surface area contributed by atoms with Crippen molar-refractivity contribution in [3.8, 4) is 0 Å². The van der Waals surface area contributed by atoms with Crippen LogP contribution in [0.3, 0.4) is 0 Å². The third-order valence-corrected chi connectivity index (χ3v) is 1.23. The maximum Gasteiger partial charge on any atom is 0.363 e. The van der Waals surface area contributed by atoms with Gasteiger partial charge in [0.15, 0.2) is 0 Å². The van der Waals surface area contributed by atoms with Crippen molar-refractivity contribution >= 4 is 0 Å². The van der Waals surface area contributed by atoms with E-state index in [1.54, 1.807) is 7.05 Å². The van der Waals surface area contributed by atoms with Gasteiger partial charge >= 0.3 is 5.69 Å². The summed E-state index contributed by atoms with van der Waals surface area (Å²) < 4.78 is 2.54. The lowest BCUT2D eigenvalue weighted by molar-refractivity contribution is 0.500. The third-order valence-electron chi connectivity index (χ3n) is 1.23. The van der Waals surface area contributed by atoms with E-state index in [9.17, 15) is 4.79 Å². The Morgan fingerprint density at radius 2 is 1.91 bits per heavy atom. The van der Waals surface area contributed by atoms with E-state index in [1.807, 2.05) is 13.8 Å². The second-order valence-corrected chi connectivity index (χ2v) is 2.42. The number of rotatable bonds is 1. The summed E-state index contributed by atoms with van der Waals surface area (Å²) in [6.45, 7) is 3.77. The Morgan fingerprint density at radius 3 is 2.09 bits per heavy atom. The van der Waals surface area contributed by atoms with Gasteiger partial charge in [-0.15, -0.1) is 0 Å². The fraction of sp³-hybridized carbons (Fsp3) is 0.833. The predicted octanol–water partition coefficient (Wildman–Crippen LogP) is 0.194. The fourth-order valence-corrected chi connectivity index (χ4v) is 0.652. The van der Waals surface area contributed by atoms with Gasteiger partial charge < -0.3 is 0 Å². The van der Waals surface area contributed by atoms with Gasteiger partial charge in [0.25, 0.3) is 0 Å². The molecule has 5 heteroatoms. The van der Waals surface area contributed by atoms with Crippen molar-refractivity contribution in [1.29, 1.82) is 0 Å². The molecule has 0 bridgehead atoms. The maximum absolute atomic E-state index is 11.0. The summed E-state index contributed by atoms with van der Waals surface area (Å²) in [7, 11) is 1.58. The first-order chi connectivity index (χ1) is 4.63. The smallest absolute Gasteiger partial charge is 0.244 e. The van der Waals surface area contributed by atoms with Gasteiger partial charge in [-0.1, -0.05) is 7.43 Å². The van der Waals surface area contributed by atoms with Crippen LogP contribution in [0.5, 0.6) is 0 Å². The summed E-state index contributed by atoms with van der Waals surface area (Å²) in [4.78, 5) is 11.0. The van der Waals surface area contributed by atoms with Gasteiger partial charge in [0.1, 0.15) is 0 Å². The van der Waals surface area contributed by atoms with Gasteiger partial charge in [-0.05, 0) is 24.3 Å². The summed E-state index contributed by atoms with van der Waals surface area (Å²) in [6.07, 6.45) is 0. The van der Waals surface area contributed by atoms with Crippen molar-refractivity contribution in [3.05, 3.63) is 10.5 Å². The number of tetrazole rings is 1. The van der Waals surface area contributed by atoms with E-state index in [2.05, 4.69) is 10.4 Å². The Labute approximate surface area is 65.6 Å². The average Bonchev–Trinajstić information content (AvgIpc) is 2.14. The van der Waals surface area contributed by atoms with E-state index in [0.717, 1.165) is 0 Å². The number of aromatic nitrogens is 4. The molecule has 0 radical (unpaired) electrons. The van der Waals surface area contributed by atoms with Crippen LogP contribution in [0.2, 0.25) is 0 Å². The van der Waals surface area contributed by atoms with Crippen LogP contribution < -0.4 is 5.69 Å². The molecule has 0 aromatic carbocycles. The van der Waals surface area contributed by atoms with Crippen LogP contribution in [-0.4, -0.2) is 19.8 Å². The van der Waals surface area contributed by atoms with Crippen LogP contribution in [0.4, 0.5) is 0 Å². The van der Waals surface area contributed by atoms with Gasteiger partial charge in [-0.25, -0.2) is 4.79 Å². The Bertz CT molecular complexity index is 272. The van der Waals surface area contributed by atoms with Crippen LogP contribution >= 0.6 is 0 Å². The first kappa shape index (κ1) is 9.87. The summed E-state index contributed by atoms with van der Waals surface area (Å²) in [6, 6.07) is 0.0844. The summed E-state index contributed by atoms with van der Waals surface area (Å²) in [5.41, 5.74) is -0.171. The van der Waals surface area contributed by atoms with Gasteiger partial charge in [0, 0.05) is 7.05 Å². The summed E-state index contributed by atoms with van der Waals surface area (Å²) in [5.74, 6) is 0. The molecule has 1 aromatic rings. The molecule has 0 N–H and O–H groups in total. The summed E-state index contributed by atoms with van der Waals surface area (Å²) >= 11 is 0. The highest BCUT2D eigenvalue weighted by Crippen LogP contribution is 1.92. The lowest BCUT2D eigenvalue weighted by Gasteiger charge is -1.98. The highest BCUT2D eigenvalue weighted by molar-refractivity contribution is 4.59. The van der Waals surface area contributed by atoms with Crippen LogP contribution in [0.25, 0.3) is 0 Å². The van der Waals surface area contributed by atoms with E-state index in [-0.39, 0.29) is 19.2 Å². The van der Waals surface area contributed by atoms with Crippen molar-refractivity contribution in [3.63, 3.8) is 0 Å².